The number of aromatic nitrogens is 3. The first-order valence-corrected chi connectivity index (χ1v) is 9.10. The van der Waals surface area contributed by atoms with Gasteiger partial charge in [-0.15, -0.1) is 0 Å². The van der Waals surface area contributed by atoms with Crippen LogP contribution in [0.1, 0.15) is 36.4 Å². The first-order valence-electron chi connectivity index (χ1n) is 9.10. The summed E-state index contributed by atoms with van der Waals surface area (Å²) in [7, 11) is 0. The Morgan fingerprint density at radius 1 is 0.962 bits per heavy atom. The summed E-state index contributed by atoms with van der Waals surface area (Å²) in [4.78, 5) is 4.44. The summed E-state index contributed by atoms with van der Waals surface area (Å²) in [6.45, 7) is 0. The van der Waals surface area contributed by atoms with Gasteiger partial charge in [-0.3, -0.25) is 0 Å². The largest absolute Gasteiger partial charge is 0.324 e. The zero-order chi connectivity index (χ0) is 17.3. The van der Waals surface area contributed by atoms with E-state index in [2.05, 4.69) is 82.1 Å². The van der Waals surface area contributed by atoms with E-state index in [-0.39, 0.29) is 6.04 Å². The van der Waals surface area contributed by atoms with E-state index in [1.54, 1.807) is 6.33 Å². The smallest absolute Gasteiger partial charge is 0.226 e. The molecule has 4 nitrogen and oxygen atoms in total. The van der Waals surface area contributed by atoms with Crippen molar-refractivity contribution in [2.75, 3.05) is 5.32 Å². The molecule has 2 heterocycles. The van der Waals surface area contributed by atoms with Crippen molar-refractivity contribution in [3.63, 3.8) is 0 Å². The molecule has 1 aliphatic carbocycles. The van der Waals surface area contributed by atoms with Gasteiger partial charge in [0.2, 0.25) is 5.95 Å². The summed E-state index contributed by atoms with van der Waals surface area (Å²) >= 11 is 0. The molecule has 0 fully saturated rings. The fourth-order valence-electron chi connectivity index (χ4n) is 4.02. The second-order valence-electron chi connectivity index (χ2n) is 6.80. The van der Waals surface area contributed by atoms with Crippen LogP contribution in [0, 0.1) is 0 Å². The number of hydrogen-bond donors (Lipinski definition) is 1. The number of rotatable bonds is 2. The molecular formula is C22H20N4. The van der Waals surface area contributed by atoms with Crippen LogP contribution in [0.25, 0.3) is 6.08 Å². The fraction of sp³-hybridized carbons (Fsp3) is 0.182. The van der Waals surface area contributed by atoms with Crippen molar-refractivity contribution in [2.45, 2.75) is 25.3 Å². The second-order valence-corrected chi connectivity index (χ2v) is 6.80. The molecule has 128 valence electrons. The highest BCUT2D eigenvalue weighted by Crippen LogP contribution is 2.43. The van der Waals surface area contributed by atoms with Crippen molar-refractivity contribution in [1.82, 2.24) is 14.8 Å². The minimum absolute atomic E-state index is 0.115. The lowest BCUT2D eigenvalue weighted by molar-refractivity contribution is 0.538. The van der Waals surface area contributed by atoms with Crippen molar-refractivity contribution in [2.24, 2.45) is 0 Å². The third-order valence-corrected chi connectivity index (χ3v) is 5.17. The number of nitrogens with zero attached hydrogens (tertiary/aromatic N) is 3. The van der Waals surface area contributed by atoms with E-state index in [9.17, 15) is 0 Å². The maximum Gasteiger partial charge on any atom is 0.226 e. The Morgan fingerprint density at radius 3 is 2.54 bits per heavy atom. The van der Waals surface area contributed by atoms with Gasteiger partial charge in [0.1, 0.15) is 12.4 Å². The molecule has 0 spiro atoms. The standard InChI is InChI=1S/C22H20N4/c1-3-8-16(9-4-1)14-18-12-7-13-19-20(18)25-22-23-15-24-26(22)21(19)17-10-5-2-6-11-17/h1-6,8-11,14-15,21H,7,12-13H2,(H,23,24,25)/b18-14+/t21-/m0/s1. The SMILES string of the molecule is C(=C1/CCCC2=C1Nc1ncnn1[C@H]2c1ccccc1)/c1ccccc1. The number of benzene rings is 2. The molecule has 2 aliphatic rings. The van der Waals surface area contributed by atoms with E-state index in [0.29, 0.717) is 0 Å². The molecule has 4 heteroatoms. The topological polar surface area (TPSA) is 42.7 Å². The van der Waals surface area contributed by atoms with Crippen molar-refractivity contribution >= 4 is 12.0 Å². The van der Waals surface area contributed by atoms with Crippen molar-refractivity contribution in [3.05, 3.63) is 95.0 Å². The monoisotopic (exact) mass is 340 g/mol. The molecule has 3 aromatic rings. The van der Waals surface area contributed by atoms with E-state index in [4.69, 9.17) is 0 Å². The summed E-state index contributed by atoms with van der Waals surface area (Å²) in [5.41, 5.74) is 6.49. The molecule has 1 N–H and O–H groups in total. The predicted octanol–water partition coefficient (Wildman–Crippen LogP) is 4.81. The third kappa shape index (κ3) is 2.54. The van der Waals surface area contributed by atoms with Crippen molar-refractivity contribution in [1.29, 1.82) is 0 Å². The summed E-state index contributed by atoms with van der Waals surface area (Å²) in [5.74, 6) is 0.818. The van der Waals surface area contributed by atoms with E-state index >= 15 is 0 Å². The highest BCUT2D eigenvalue weighted by atomic mass is 15.4. The van der Waals surface area contributed by atoms with E-state index in [1.165, 1.54) is 28.0 Å². The van der Waals surface area contributed by atoms with Gasteiger partial charge in [-0.2, -0.15) is 10.1 Å². The fourth-order valence-corrected chi connectivity index (χ4v) is 4.02. The van der Waals surface area contributed by atoms with E-state index in [0.717, 1.165) is 25.2 Å². The highest BCUT2D eigenvalue weighted by molar-refractivity contribution is 5.65. The van der Waals surface area contributed by atoms with Crippen LogP contribution in [0.15, 0.2) is 83.8 Å². The maximum absolute atomic E-state index is 4.50. The van der Waals surface area contributed by atoms with Crippen LogP contribution in [-0.4, -0.2) is 14.8 Å². The van der Waals surface area contributed by atoms with Crippen LogP contribution in [-0.2, 0) is 0 Å². The quantitative estimate of drug-likeness (QED) is 0.727. The normalized spacial score (nSPS) is 20.5. The molecule has 0 saturated carbocycles. The summed E-state index contributed by atoms with van der Waals surface area (Å²) < 4.78 is 2.01. The van der Waals surface area contributed by atoms with Crippen molar-refractivity contribution < 1.29 is 0 Å². The van der Waals surface area contributed by atoms with Gasteiger partial charge in [0.05, 0.1) is 0 Å². The van der Waals surface area contributed by atoms with E-state index in [1.807, 2.05) is 4.68 Å². The van der Waals surface area contributed by atoms with Crippen LogP contribution < -0.4 is 5.32 Å². The molecule has 2 aromatic carbocycles. The maximum atomic E-state index is 4.50. The van der Waals surface area contributed by atoms with Gasteiger partial charge in [0, 0.05) is 5.70 Å². The first-order chi connectivity index (χ1) is 12.9. The third-order valence-electron chi connectivity index (χ3n) is 5.17. The summed E-state index contributed by atoms with van der Waals surface area (Å²) in [5, 5.41) is 8.05. The van der Waals surface area contributed by atoms with Crippen LogP contribution in [0.5, 0.6) is 0 Å². The Bertz CT molecular complexity index is 983. The van der Waals surface area contributed by atoms with Crippen LogP contribution in [0.2, 0.25) is 0 Å². The van der Waals surface area contributed by atoms with Crippen LogP contribution in [0.4, 0.5) is 5.95 Å². The number of allylic oxidation sites excluding steroid dienone is 2. The van der Waals surface area contributed by atoms with Gasteiger partial charge in [0.25, 0.3) is 0 Å². The molecular weight excluding hydrogens is 320 g/mol. The van der Waals surface area contributed by atoms with Crippen LogP contribution in [0.3, 0.4) is 0 Å². The Balaban J connectivity index is 1.66. The molecule has 0 radical (unpaired) electrons. The van der Waals surface area contributed by atoms with Crippen molar-refractivity contribution in [3.8, 4) is 0 Å². The lowest BCUT2D eigenvalue weighted by atomic mass is 9.83. The van der Waals surface area contributed by atoms with Gasteiger partial charge in [-0.1, -0.05) is 60.7 Å². The molecule has 0 unspecified atom stereocenters. The molecule has 1 atom stereocenters. The molecule has 26 heavy (non-hydrogen) atoms. The zero-order valence-electron chi connectivity index (χ0n) is 14.5. The Labute approximate surface area is 152 Å². The average Bonchev–Trinajstić information content (AvgIpc) is 3.16. The summed E-state index contributed by atoms with van der Waals surface area (Å²) in [6, 6.07) is 21.3. The average molecular weight is 340 g/mol. The summed E-state index contributed by atoms with van der Waals surface area (Å²) in [6.07, 6.45) is 7.25. The molecule has 5 rings (SSSR count). The predicted molar refractivity (Wildman–Crippen MR) is 104 cm³/mol. The minimum atomic E-state index is 0.115. The number of hydrogen-bond acceptors (Lipinski definition) is 3. The lowest BCUT2D eigenvalue weighted by Crippen LogP contribution is -2.28. The second kappa shape index (κ2) is 6.30. The zero-order valence-corrected chi connectivity index (χ0v) is 14.5. The molecule has 0 saturated heterocycles. The van der Waals surface area contributed by atoms with Gasteiger partial charge in [-0.05, 0) is 47.6 Å². The van der Waals surface area contributed by atoms with E-state index < -0.39 is 0 Å². The molecule has 1 aromatic heterocycles. The molecule has 1 aliphatic heterocycles. The minimum Gasteiger partial charge on any atom is -0.324 e. The van der Waals surface area contributed by atoms with Gasteiger partial charge in [0.15, 0.2) is 0 Å². The Morgan fingerprint density at radius 2 is 1.73 bits per heavy atom. The molecule has 0 amide bonds. The highest BCUT2D eigenvalue weighted by Gasteiger charge is 2.33. The van der Waals surface area contributed by atoms with Gasteiger partial charge >= 0.3 is 0 Å². The lowest BCUT2D eigenvalue weighted by Gasteiger charge is -2.34. The van der Waals surface area contributed by atoms with Gasteiger partial charge in [-0.25, -0.2) is 4.68 Å². The number of anilines is 1. The number of nitrogens with one attached hydrogen (secondary N) is 1. The number of fused-ring (bicyclic) bond motifs is 1. The Kier molecular flexibility index (Phi) is 3.67. The first kappa shape index (κ1) is 15.1. The van der Waals surface area contributed by atoms with Crippen LogP contribution >= 0.6 is 0 Å². The molecule has 0 bridgehead atoms. The van der Waals surface area contributed by atoms with Gasteiger partial charge < -0.3 is 5.32 Å². The Hall–Kier alpha value is -3.14.